The van der Waals surface area contributed by atoms with E-state index in [1.165, 1.54) is 12.3 Å². The second-order valence-corrected chi connectivity index (χ2v) is 9.04. The van der Waals surface area contributed by atoms with Crippen molar-refractivity contribution in [3.05, 3.63) is 60.1 Å². The molecular formula is C26H31N3O5. The molecule has 1 aromatic carbocycles. The molecule has 0 aliphatic carbocycles. The number of rotatable bonds is 7. The van der Waals surface area contributed by atoms with E-state index in [0.717, 1.165) is 30.6 Å². The van der Waals surface area contributed by atoms with Crippen LogP contribution in [0, 0.1) is 5.41 Å². The van der Waals surface area contributed by atoms with Crippen LogP contribution in [0.25, 0.3) is 6.08 Å². The number of methoxy groups -OCH3 is 1. The van der Waals surface area contributed by atoms with E-state index >= 15 is 0 Å². The normalized spacial score (nSPS) is 17.3. The molecular weight excluding hydrogens is 434 g/mol. The van der Waals surface area contributed by atoms with Crippen LogP contribution < -0.4 is 10.1 Å². The second-order valence-electron chi connectivity index (χ2n) is 9.04. The summed E-state index contributed by atoms with van der Waals surface area (Å²) in [5, 5.41) is 2.65. The second kappa shape index (κ2) is 10.6. The number of carbonyl (C=O) groups excluding carboxylic acids is 3. The molecule has 0 saturated carbocycles. The van der Waals surface area contributed by atoms with Gasteiger partial charge in [-0.3, -0.25) is 14.4 Å². The van der Waals surface area contributed by atoms with Crippen LogP contribution in [0.5, 0.6) is 5.75 Å². The number of hydrogen-bond acceptors (Lipinski definition) is 5. The van der Waals surface area contributed by atoms with Crippen molar-refractivity contribution in [3.8, 4) is 5.75 Å². The Bertz CT molecular complexity index is 1040. The molecule has 8 heteroatoms. The molecule has 1 spiro atoms. The average Bonchev–Trinajstić information content (AvgIpc) is 3.52. The predicted molar refractivity (Wildman–Crippen MR) is 127 cm³/mol. The number of nitrogens with one attached hydrogen (secondary N) is 1. The first-order valence-electron chi connectivity index (χ1n) is 11.6. The van der Waals surface area contributed by atoms with Crippen LogP contribution in [0.2, 0.25) is 0 Å². The van der Waals surface area contributed by atoms with E-state index in [2.05, 4.69) is 5.32 Å². The Balaban J connectivity index is 1.21. The Kier molecular flexibility index (Phi) is 7.35. The third kappa shape index (κ3) is 5.87. The van der Waals surface area contributed by atoms with Crippen molar-refractivity contribution in [2.45, 2.75) is 25.7 Å². The van der Waals surface area contributed by atoms with Gasteiger partial charge >= 0.3 is 0 Å². The minimum absolute atomic E-state index is 0.0252. The van der Waals surface area contributed by atoms with E-state index in [0.29, 0.717) is 38.4 Å². The summed E-state index contributed by atoms with van der Waals surface area (Å²) in [6.07, 6.45) is 7.53. The van der Waals surface area contributed by atoms with Gasteiger partial charge < -0.3 is 24.3 Å². The van der Waals surface area contributed by atoms with Crippen molar-refractivity contribution in [2.24, 2.45) is 5.41 Å². The SMILES string of the molecule is COc1cccc(CC(=O)N2CCC3(CC2)CCN(C(=O)CNC(=O)/C=C\c2ccco2)C3)c1. The summed E-state index contributed by atoms with van der Waals surface area (Å²) in [7, 11) is 1.62. The molecule has 0 bridgehead atoms. The van der Waals surface area contributed by atoms with E-state index in [1.54, 1.807) is 25.3 Å². The fraction of sp³-hybridized carbons (Fsp3) is 0.423. The molecule has 1 N–H and O–H groups in total. The molecule has 2 aliphatic heterocycles. The lowest BCUT2D eigenvalue weighted by molar-refractivity contribution is -0.134. The van der Waals surface area contributed by atoms with Crippen LogP contribution in [0.3, 0.4) is 0 Å². The van der Waals surface area contributed by atoms with Gasteiger partial charge in [0.2, 0.25) is 17.7 Å². The standard InChI is InChI=1S/C26H31N3O5/c1-33-22-5-2-4-20(16-22)17-24(31)28-12-9-26(10-13-28)11-14-29(19-26)25(32)18-27-23(30)8-7-21-6-3-15-34-21/h2-8,15-16H,9-14,17-19H2,1H3,(H,27,30)/b8-7-. The summed E-state index contributed by atoms with van der Waals surface area (Å²) in [5.74, 6) is 1.05. The van der Waals surface area contributed by atoms with Crippen LogP contribution in [0.4, 0.5) is 0 Å². The number of amides is 3. The van der Waals surface area contributed by atoms with Gasteiger partial charge in [-0.25, -0.2) is 0 Å². The van der Waals surface area contributed by atoms with E-state index < -0.39 is 0 Å². The summed E-state index contributed by atoms with van der Waals surface area (Å²) in [5.41, 5.74) is 1.01. The van der Waals surface area contributed by atoms with Crippen molar-refractivity contribution < 1.29 is 23.5 Å². The highest BCUT2D eigenvalue weighted by Gasteiger charge is 2.42. The van der Waals surface area contributed by atoms with Gasteiger partial charge in [-0.05, 0) is 60.6 Å². The topological polar surface area (TPSA) is 92.1 Å². The van der Waals surface area contributed by atoms with Gasteiger partial charge in [0.1, 0.15) is 11.5 Å². The fourth-order valence-electron chi connectivity index (χ4n) is 4.73. The molecule has 180 valence electrons. The third-order valence-corrected chi connectivity index (χ3v) is 6.81. The van der Waals surface area contributed by atoms with Crippen LogP contribution >= 0.6 is 0 Å². The molecule has 0 radical (unpaired) electrons. The first kappa shape index (κ1) is 23.6. The Morgan fingerprint density at radius 1 is 1.06 bits per heavy atom. The molecule has 2 aromatic rings. The maximum absolute atomic E-state index is 12.8. The van der Waals surface area contributed by atoms with Crippen molar-refractivity contribution in [2.75, 3.05) is 39.8 Å². The minimum Gasteiger partial charge on any atom is -0.497 e. The van der Waals surface area contributed by atoms with Crippen LogP contribution in [0.1, 0.15) is 30.6 Å². The van der Waals surface area contributed by atoms with Crippen LogP contribution in [-0.2, 0) is 20.8 Å². The number of hydrogen-bond donors (Lipinski definition) is 1. The lowest BCUT2D eigenvalue weighted by Crippen LogP contribution is -2.46. The first-order valence-corrected chi connectivity index (χ1v) is 11.6. The molecule has 3 amide bonds. The Morgan fingerprint density at radius 3 is 2.53 bits per heavy atom. The highest BCUT2D eigenvalue weighted by molar-refractivity contribution is 5.94. The molecule has 2 saturated heterocycles. The maximum atomic E-state index is 12.8. The van der Waals surface area contributed by atoms with Gasteiger partial charge in [-0.1, -0.05) is 12.1 Å². The first-order chi connectivity index (χ1) is 16.5. The van der Waals surface area contributed by atoms with Gasteiger partial charge in [-0.15, -0.1) is 0 Å². The van der Waals surface area contributed by atoms with Gasteiger partial charge in [0.25, 0.3) is 0 Å². The molecule has 1 aromatic heterocycles. The van der Waals surface area contributed by atoms with Crippen molar-refractivity contribution >= 4 is 23.8 Å². The summed E-state index contributed by atoms with van der Waals surface area (Å²) < 4.78 is 10.4. The lowest BCUT2D eigenvalue weighted by atomic mass is 9.77. The van der Waals surface area contributed by atoms with Gasteiger partial charge in [0.05, 0.1) is 26.3 Å². The maximum Gasteiger partial charge on any atom is 0.244 e. The fourth-order valence-corrected chi connectivity index (χ4v) is 4.73. The number of benzene rings is 1. The van der Waals surface area contributed by atoms with E-state index in [9.17, 15) is 14.4 Å². The summed E-state index contributed by atoms with van der Waals surface area (Å²) in [4.78, 5) is 41.2. The van der Waals surface area contributed by atoms with E-state index in [4.69, 9.17) is 9.15 Å². The average molecular weight is 466 g/mol. The zero-order chi connectivity index (χ0) is 24.0. The lowest BCUT2D eigenvalue weighted by Gasteiger charge is -2.39. The largest absolute Gasteiger partial charge is 0.497 e. The van der Waals surface area contributed by atoms with Gasteiger partial charge in [0, 0.05) is 32.3 Å². The van der Waals surface area contributed by atoms with Gasteiger partial charge in [0.15, 0.2) is 0 Å². The molecule has 4 rings (SSSR count). The molecule has 2 aliphatic rings. The monoisotopic (exact) mass is 465 g/mol. The van der Waals surface area contributed by atoms with Crippen molar-refractivity contribution in [1.29, 1.82) is 0 Å². The molecule has 2 fully saturated rings. The highest BCUT2D eigenvalue weighted by atomic mass is 16.5. The molecule has 3 heterocycles. The number of furan rings is 1. The van der Waals surface area contributed by atoms with E-state index in [-0.39, 0.29) is 29.7 Å². The zero-order valence-corrected chi connectivity index (χ0v) is 19.5. The Hall–Kier alpha value is -3.55. The Morgan fingerprint density at radius 2 is 1.82 bits per heavy atom. The highest BCUT2D eigenvalue weighted by Crippen LogP contribution is 2.40. The summed E-state index contributed by atoms with van der Waals surface area (Å²) in [6.45, 7) is 2.76. The van der Waals surface area contributed by atoms with Gasteiger partial charge in [-0.2, -0.15) is 0 Å². The summed E-state index contributed by atoms with van der Waals surface area (Å²) in [6, 6.07) is 11.1. The quantitative estimate of drug-likeness (QED) is 0.635. The Labute approximate surface area is 199 Å². The molecule has 34 heavy (non-hydrogen) atoms. The van der Waals surface area contributed by atoms with Crippen molar-refractivity contribution in [3.63, 3.8) is 0 Å². The smallest absolute Gasteiger partial charge is 0.244 e. The van der Waals surface area contributed by atoms with Crippen molar-refractivity contribution in [1.82, 2.24) is 15.1 Å². The molecule has 0 atom stereocenters. The zero-order valence-electron chi connectivity index (χ0n) is 19.5. The number of ether oxygens (including phenoxy) is 1. The third-order valence-electron chi connectivity index (χ3n) is 6.81. The number of carbonyl (C=O) groups is 3. The predicted octanol–water partition coefficient (Wildman–Crippen LogP) is 2.50. The molecule has 8 nitrogen and oxygen atoms in total. The minimum atomic E-state index is -0.332. The van der Waals surface area contributed by atoms with E-state index in [1.807, 2.05) is 34.1 Å². The molecule has 0 unspecified atom stereocenters. The summed E-state index contributed by atoms with van der Waals surface area (Å²) >= 11 is 0. The van der Waals surface area contributed by atoms with Crippen LogP contribution in [-0.4, -0.2) is 67.4 Å². The van der Waals surface area contributed by atoms with Crippen LogP contribution in [0.15, 0.2) is 53.2 Å². The number of piperidine rings is 1. The number of nitrogens with zero attached hydrogens (tertiary/aromatic N) is 2. The number of likely N-dealkylation sites (tertiary alicyclic amines) is 2.